The van der Waals surface area contributed by atoms with Gasteiger partial charge in [0.1, 0.15) is 5.41 Å². The maximum atomic E-state index is 14.5. The number of nitrogens with zero attached hydrogens (tertiary/aromatic N) is 3. The minimum Gasteiger partial charge on any atom is -0.312 e. The highest BCUT2D eigenvalue weighted by molar-refractivity contribution is 6.30. The van der Waals surface area contributed by atoms with E-state index in [1.807, 2.05) is 54.0 Å². The van der Waals surface area contributed by atoms with Crippen molar-refractivity contribution in [2.75, 3.05) is 24.5 Å². The molecular formula is C34H38N4O4. The van der Waals surface area contributed by atoms with Gasteiger partial charge in [-0.3, -0.25) is 19.7 Å². The van der Waals surface area contributed by atoms with Gasteiger partial charge in [-0.25, -0.2) is 9.69 Å². The highest BCUT2D eigenvalue weighted by Crippen LogP contribution is 2.39. The minimum absolute atomic E-state index is 0.0158. The van der Waals surface area contributed by atoms with Crippen molar-refractivity contribution in [2.24, 2.45) is 11.3 Å². The molecule has 4 amide bonds. The van der Waals surface area contributed by atoms with Crippen LogP contribution in [0.5, 0.6) is 0 Å². The number of hydrogen-bond acceptors (Lipinski definition) is 5. The van der Waals surface area contributed by atoms with Crippen LogP contribution in [0.1, 0.15) is 61.4 Å². The molecule has 0 radical (unpaired) electrons. The van der Waals surface area contributed by atoms with E-state index in [9.17, 15) is 19.2 Å². The van der Waals surface area contributed by atoms with Crippen LogP contribution in [0.25, 0.3) is 0 Å². The summed E-state index contributed by atoms with van der Waals surface area (Å²) in [5, 5.41) is 2.55. The Hall–Kier alpha value is -4.04. The van der Waals surface area contributed by atoms with Crippen LogP contribution in [0, 0.1) is 11.3 Å². The number of likely N-dealkylation sites (tertiary alicyclic amines) is 1. The number of hydrogen-bond donors (Lipinski definition) is 1. The summed E-state index contributed by atoms with van der Waals surface area (Å²) in [5.74, 6) is -0.329. The smallest absolute Gasteiger partial charge is 0.312 e. The predicted molar refractivity (Wildman–Crippen MR) is 162 cm³/mol. The van der Waals surface area contributed by atoms with Gasteiger partial charge in [-0.05, 0) is 66.0 Å². The second-order valence-corrected chi connectivity index (χ2v) is 12.5. The summed E-state index contributed by atoms with van der Waals surface area (Å²) < 4.78 is 1.88. The average Bonchev–Trinajstić information content (AvgIpc) is 2.97. The molecule has 6 rings (SSSR count). The lowest BCUT2D eigenvalue weighted by Gasteiger charge is -2.47. The molecule has 3 aliphatic rings. The van der Waals surface area contributed by atoms with Gasteiger partial charge in [0.05, 0.1) is 5.69 Å². The Morgan fingerprint density at radius 2 is 1.60 bits per heavy atom. The topological polar surface area (TPSA) is 91.7 Å². The number of piperidine rings is 1. The van der Waals surface area contributed by atoms with Crippen LogP contribution in [0.2, 0.25) is 0 Å². The number of benzene rings is 2. The number of urea groups is 1. The lowest BCUT2D eigenvalue weighted by molar-refractivity contribution is -0.144. The molecule has 8 nitrogen and oxygen atoms in total. The Kier molecular flexibility index (Phi) is 7.35. The number of aromatic nitrogens is 1. The van der Waals surface area contributed by atoms with Crippen molar-refractivity contribution in [2.45, 2.75) is 58.4 Å². The Bertz CT molecular complexity index is 1580. The summed E-state index contributed by atoms with van der Waals surface area (Å²) in [5.41, 5.74) is 3.11. The van der Waals surface area contributed by atoms with Gasteiger partial charge in [0.2, 0.25) is 5.91 Å². The zero-order valence-electron chi connectivity index (χ0n) is 24.5. The van der Waals surface area contributed by atoms with E-state index >= 15 is 0 Å². The maximum absolute atomic E-state index is 14.5. The second kappa shape index (κ2) is 11.0. The standard InChI is InChI=1S/C34H38N4O4/c1-4-23-10-14-28(15-11-23)38-32(41)34(31(40)35-33(38)42,17-24-8-12-26(13-9-24)22(2)3)21-36-18-25-16-27(20-36)29-6-5-7-30(39)37(29)19-25/h5-15,22,25,27H,4,16-21H2,1-3H3,(H,35,40,42)/t25-,27+,34+/m1/s1. The van der Waals surface area contributed by atoms with Crippen molar-refractivity contribution in [1.29, 1.82) is 0 Å². The summed E-state index contributed by atoms with van der Waals surface area (Å²) in [6.07, 6.45) is 1.98. The third kappa shape index (κ3) is 4.98. The SMILES string of the molecule is CCc1ccc(N2C(=O)NC(=O)[C@](Cc3ccc(C(C)C)cc3)(CN3C[C@H]4C[C@@H](C3)c3cccc(=O)n3C4)C2=O)cc1. The maximum Gasteiger partial charge on any atom is 0.335 e. The first-order chi connectivity index (χ1) is 20.2. The van der Waals surface area contributed by atoms with E-state index in [1.54, 1.807) is 24.3 Å². The molecule has 3 aromatic rings. The van der Waals surface area contributed by atoms with Gasteiger partial charge < -0.3 is 9.47 Å². The number of nitrogens with one attached hydrogen (secondary N) is 1. The van der Waals surface area contributed by atoms with Crippen molar-refractivity contribution in [3.8, 4) is 0 Å². The Labute approximate surface area is 246 Å². The zero-order chi connectivity index (χ0) is 29.6. The van der Waals surface area contributed by atoms with Crippen LogP contribution in [-0.2, 0) is 29.0 Å². The van der Waals surface area contributed by atoms with Crippen LogP contribution in [0.4, 0.5) is 10.5 Å². The molecule has 4 heterocycles. The first kappa shape index (κ1) is 28.1. The Morgan fingerprint density at radius 1 is 0.881 bits per heavy atom. The molecule has 1 N–H and O–H groups in total. The third-order valence-corrected chi connectivity index (χ3v) is 9.27. The molecule has 42 heavy (non-hydrogen) atoms. The third-order valence-electron chi connectivity index (χ3n) is 9.27. The number of carbonyl (C=O) groups excluding carboxylic acids is 3. The number of barbiturate groups is 1. The molecule has 2 aromatic carbocycles. The molecule has 0 saturated carbocycles. The summed E-state index contributed by atoms with van der Waals surface area (Å²) in [6.45, 7) is 8.41. The van der Waals surface area contributed by atoms with Crippen LogP contribution in [-0.4, -0.2) is 46.9 Å². The summed E-state index contributed by atoms with van der Waals surface area (Å²) in [6, 6.07) is 20.1. The molecule has 2 saturated heterocycles. The van der Waals surface area contributed by atoms with Gasteiger partial charge in [0.25, 0.3) is 11.5 Å². The van der Waals surface area contributed by atoms with E-state index < -0.39 is 23.3 Å². The fourth-order valence-corrected chi connectivity index (χ4v) is 7.02. The molecule has 3 aliphatic heterocycles. The summed E-state index contributed by atoms with van der Waals surface area (Å²) >= 11 is 0. The number of aryl methyl sites for hydroxylation is 1. The number of rotatable bonds is 7. The number of anilines is 1. The number of imide groups is 2. The van der Waals surface area contributed by atoms with Crippen LogP contribution in [0.15, 0.2) is 71.5 Å². The Morgan fingerprint density at radius 3 is 2.29 bits per heavy atom. The number of pyridine rings is 1. The van der Waals surface area contributed by atoms with Crippen LogP contribution >= 0.6 is 0 Å². The largest absolute Gasteiger partial charge is 0.335 e. The molecular weight excluding hydrogens is 528 g/mol. The zero-order valence-corrected chi connectivity index (χ0v) is 24.5. The van der Waals surface area contributed by atoms with Crippen molar-refractivity contribution in [3.05, 3.63) is 99.5 Å². The van der Waals surface area contributed by atoms with Crippen molar-refractivity contribution in [1.82, 2.24) is 14.8 Å². The highest BCUT2D eigenvalue weighted by Gasteiger charge is 2.55. The lowest BCUT2D eigenvalue weighted by atomic mass is 9.75. The fraction of sp³-hybridized carbons (Fsp3) is 0.412. The van der Waals surface area contributed by atoms with Gasteiger partial charge >= 0.3 is 6.03 Å². The van der Waals surface area contributed by atoms with E-state index in [0.29, 0.717) is 31.2 Å². The van der Waals surface area contributed by atoms with E-state index in [4.69, 9.17) is 0 Å². The van der Waals surface area contributed by atoms with Crippen molar-refractivity contribution >= 4 is 23.5 Å². The first-order valence-electron chi connectivity index (χ1n) is 15.0. The Balaban J connectivity index is 1.37. The fourth-order valence-electron chi connectivity index (χ4n) is 7.02. The monoisotopic (exact) mass is 566 g/mol. The van der Waals surface area contributed by atoms with Gasteiger partial charge in [0, 0.05) is 43.9 Å². The molecule has 8 heteroatoms. The van der Waals surface area contributed by atoms with Crippen LogP contribution < -0.4 is 15.8 Å². The van der Waals surface area contributed by atoms with Gasteiger partial charge in [-0.15, -0.1) is 0 Å². The molecule has 0 unspecified atom stereocenters. The van der Waals surface area contributed by atoms with E-state index in [1.165, 1.54) is 5.56 Å². The molecule has 0 aliphatic carbocycles. The molecule has 218 valence electrons. The molecule has 3 atom stereocenters. The van der Waals surface area contributed by atoms with Crippen LogP contribution in [0.3, 0.4) is 0 Å². The first-order valence-corrected chi connectivity index (χ1v) is 15.0. The van der Waals surface area contributed by atoms with E-state index in [2.05, 4.69) is 24.1 Å². The number of fused-ring (bicyclic) bond motifs is 4. The highest BCUT2D eigenvalue weighted by atomic mass is 16.2. The quantitative estimate of drug-likeness (QED) is 0.427. The molecule has 2 bridgehead atoms. The van der Waals surface area contributed by atoms with Crippen molar-refractivity contribution < 1.29 is 14.4 Å². The molecule has 1 aromatic heterocycles. The normalized spacial score (nSPS) is 24.1. The summed E-state index contributed by atoms with van der Waals surface area (Å²) in [7, 11) is 0. The van der Waals surface area contributed by atoms with Gasteiger partial charge in [-0.1, -0.05) is 63.2 Å². The minimum atomic E-state index is -1.50. The van der Waals surface area contributed by atoms with Gasteiger partial charge in [0.15, 0.2) is 0 Å². The van der Waals surface area contributed by atoms with E-state index in [0.717, 1.165) is 34.6 Å². The molecule has 0 spiro atoms. The van der Waals surface area contributed by atoms with Gasteiger partial charge in [-0.2, -0.15) is 0 Å². The summed E-state index contributed by atoms with van der Waals surface area (Å²) in [4.78, 5) is 57.5. The lowest BCUT2D eigenvalue weighted by Crippen LogP contribution is -2.68. The van der Waals surface area contributed by atoms with E-state index in [-0.39, 0.29) is 30.4 Å². The number of carbonyl (C=O) groups is 3. The second-order valence-electron chi connectivity index (χ2n) is 12.5. The number of amides is 4. The van der Waals surface area contributed by atoms with Crippen molar-refractivity contribution in [3.63, 3.8) is 0 Å². The molecule has 2 fully saturated rings. The predicted octanol–water partition coefficient (Wildman–Crippen LogP) is 4.47. The average molecular weight is 567 g/mol.